The molecule has 0 radical (unpaired) electrons. The highest BCUT2D eigenvalue weighted by atomic mass is 32.2. The first-order valence-electron chi connectivity index (χ1n) is 8.38. The standard InChI is InChI=1S/C18H22N2O5S/c1-19(13-18(21)22)11-15-12-20(9-10-25-15)26(23,24)17-8-4-6-14-5-2-3-7-16(14)17/h2-8,15H,9-13H2,1H3,(H,21,22). The van der Waals surface area contributed by atoms with Crippen molar-refractivity contribution in [1.82, 2.24) is 9.21 Å². The maximum Gasteiger partial charge on any atom is 0.317 e. The molecule has 0 aromatic heterocycles. The predicted octanol–water partition coefficient (Wildman–Crippen LogP) is 1.25. The van der Waals surface area contributed by atoms with E-state index < -0.39 is 16.0 Å². The second kappa shape index (κ2) is 7.71. The number of benzene rings is 2. The normalized spacial score (nSPS) is 19.1. The summed E-state index contributed by atoms with van der Waals surface area (Å²) in [7, 11) is -1.99. The number of rotatable bonds is 6. The first-order valence-corrected chi connectivity index (χ1v) is 9.82. The summed E-state index contributed by atoms with van der Waals surface area (Å²) in [5.74, 6) is -0.927. The van der Waals surface area contributed by atoms with Gasteiger partial charge < -0.3 is 9.84 Å². The molecule has 7 nitrogen and oxygen atoms in total. The molecule has 1 fully saturated rings. The maximum absolute atomic E-state index is 13.2. The van der Waals surface area contributed by atoms with Crippen molar-refractivity contribution in [1.29, 1.82) is 0 Å². The Kier molecular flexibility index (Phi) is 5.57. The van der Waals surface area contributed by atoms with Gasteiger partial charge in [-0.3, -0.25) is 9.69 Å². The topological polar surface area (TPSA) is 87.2 Å². The zero-order valence-corrected chi connectivity index (χ0v) is 15.4. The number of carboxylic acids is 1. The Morgan fingerprint density at radius 2 is 2.00 bits per heavy atom. The second-order valence-corrected chi connectivity index (χ2v) is 8.33. The third kappa shape index (κ3) is 4.04. The lowest BCUT2D eigenvalue weighted by Crippen LogP contribution is -2.49. The van der Waals surface area contributed by atoms with E-state index in [2.05, 4.69) is 0 Å². The van der Waals surface area contributed by atoms with Gasteiger partial charge in [-0.25, -0.2) is 8.42 Å². The lowest BCUT2D eigenvalue weighted by Gasteiger charge is -2.34. The van der Waals surface area contributed by atoms with Crippen LogP contribution in [0.1, 0.15) is 0 Å². The van der Waals surface area contributed by atoms with Gasteiger partial charge in [0.05, 0.1) is 24.2 Å². The number of sulfonamides is 1. The van der Waals surface area contributed by atoms with Crippen LogP contribution < -0.4 is 0 Å². The molecule has 140 valence electrons. The summed E-state index contributed by atoms with van der Waals surface area (Å²) < 4.78 is 33.4. The maximum atomic E-state index is 13.2. The molecular formula is C18H22N2O5S. The number of carbonyl (C=O) groups is 1. The van der Waals surface area contributed by atoms with E-state index >= 15 is 0 Å². The number of hydrogen-bond acceptors (Lipinski definition) is 5. The predicted molar refractivity (Wildman–Crippen MR) is 97.6 cm³/mol. The van der Waals surface area contributed by atoms with E-state index in [0.29, 0.717) is 11.9 Å². The molecule has 1 aliphatic rings. The van der Waals surface area contributed by atoms with Crippen molar-refractivity contribution >= 4 is 26.8 Å². The SMILES string of the molecule is CN(CC(=O)O)CC1CN(S(=O)(=O)c2cccc3ccccc23)CCO1. The van der Waals surface area contributed by atoms with Crippen LogP contribution in [0.3, 0.4) is 0 Å². The third-order valence-corrected chi connectivity index (χ3v) is 6.31. The fourth-order valence-electron chi connectivity index (χ4n) is 3.22. The lowest BCUT2D eigenvalue weighted by atomic mass is 10.1. The van der Waals surface area contributed by atoms with Crippen molar-refractivity contribution in [2.24, 2.45) is 0 Å². The van der Waals surface area contributed by atoms with Gasteiger partial charge in [0, 0.05) is 25.0 Å². The highest BCUT2D eigenvalue weighted by Crippen LogP contribution is 2.26. The summed E-state index contributed by atoms with van der Waals surface area (Å²) >= 11 is 0. The van der Waals surface area contributed by atoms with Crippen LogP contribution >= 0.6 is 0 Å². The van der Waals surface area contributed by atoms with Gasteiger partial charge in [-0.15, -0.1) is 0 Å². The number of nitrogens with zero attached hydrogens (tertiary/aromatic N) is 2. The van der Waals surface area contributed by atoms with Gasteiger partial charge in [0.25, 0.3) is 0 Å². The van der Waals surface area contributed by atoms with Crippen molar-refractivity contribution in [3.05, 3.63) is 42.5 Å². The average Bonchev–Trinajstić information content (AvgIpc) is 2.60. The average molecular weight is 378 g/mol. The Morgan fingerprint density at radius 1 is 1.27 bits per heavy atom. The number of fused-ring (bicyclic) bond motifs is 1. The molecule has 1 unspecified atom stereocenters. The minimum Gasteiger partial charge on any atom is -0.480 e. The zero-order chi connectivity index (χ0) is 18.7. The largest absolute Gasteiger partial charge is 0.480 e. The molecule has 0 saturated carbocycles. The molecule has 0 aliphatic carbocycles. The number of ether oxygens (including phenoxy) is 1. The molecular weight excluding hydrogens is 356 g/mol. The van der Waals surface area contributed by atoms with E-state index in [1.54, 1.807) is 30.1 Å². The molecule has 0 spiro atoms. The molecule has 2 aromatic rings. The molecule has 0 bridgehead atoms. The van der Waals surface area contributed by atoms with E-state index in [1.807, 2.05) is 24.3 Å². The van der Waals surface area contributed by atoms with Crippen LogP contribution in [-0.4, -0.2) is 74.6 Å². The Bertz CT molecular complexity index is 894. The third-order valence-electron chi connectivity index (χ3n) is 4.39. The molecule has 1 atom stereocenters. The molecule has 26 heavy (non-hydrogen) atoms. The molecule has 2 aromatic carbocycles. The van der Waals surface area contributed by atoms with Crippen molar-refractivity contribution in [2.75, 3.05) is 39.8 Å². The minimum atomic E-state index is -3.66. The number of likely N-dealkylation sites (N-methyl/N-ethyl adjacent to an activating group) is 1. The summed E-state index contributed by atoms with van der Waals surface area (Å²) in [6.07, 6.45) is -0.363. The minimum absolute atomic E-state index is 0.115. The summed E-state index contributed by atoms with van der Waals surface area (Å²) in [6, 6.07) is 12.6. The number of carboxylic acid groups (broad SMARTS) is 1. The fraction of sp³-hybridized carbons (Fsp3) is 0.389. The lowest BCUT2D eigenvalue weighted by molar-refractivity contribution is -0.138. The van der Waals surface area contributed by atoms with Crippen molar-refractivity contribution in [2.45, 2.75) is 11.0 Å². The van der Waals surface area contributed by atoms with Crippen LogP contribution in [0.4, 0.5) is 0 Å². The summed E-state index contributed by atoms with van der Waals surface area (Å²) in [6.45, 7) is 1.01. The highest BCUT2D eigenvalue weighted by Gasteiger charge is 2.32. The van der Waals surface area contributed by atoms with Gasteiger partial charge in [-0.05, 0) is 18.5 Å². The van der Waals surface area contributed by atoms with Crippen LogP contribution in [0, 0.1) is 0 Å². The van der Waals surface area contributed by atoms with Gasteiger partial charge in [0.15, 0.2) is 0 Å². The molecule has 1 heterocycles. The van der Waals surface area contributed by atoms with Crippen molar-refractivity contribution < 1.29 is 23.1 Å². The first kappa shape index (κ1) is 18.8. The molecule has 8 heteroatoms. The smallest absolute Gasteiger partial charge is 0.317 e. The van der Waals surface area contributed by atoms with Gasteiger partial charge in [-0.2, -0.15) is 4.31 Å². The van der Waals surface area contributed by atoms with E-state index in [9.17, 15) is 13.2 Å². The highest BCUT2D eigenvalue weighted by molar-refractivity contribution is 7.89. The van der Waals surface area contributed by atoms with Crippen LogP contribution in [0.2, 0.25) is 0 Å². The number of hydrogen-bond donors (Lipinski definition) is 1. The van der Waals surface area contributed by atoms with Gasteiger partial charge in [0.1, 0.15) is 0 Å². The van der Waals surface area contributed by atoms with E-state index in [1.165, 1.54) is 4.31 Å². The molecule has 0 amide bonds. The molecule has 1 saturated heterocycles. The van der Waals surface area contributed by atoms with Crippen LogP contribution in [0.25, 0.3) is 10.8 Å². The Hall–Kier alpha value is -2.00. The van der Waals surface area contributed by atoms with Crippen LogP contribution in [0.15, 0.2) is 47.4 Å². The van der Waals surface area contributed by atoms with E-state index in [4.69, 9.17) is 9.84 Å². The molecule has 3 rings (SSSR count). The van der Waals surface area contributed by atoms with Gasteiger partial charge >= 0.3 is 5.97 Å². The monoisotopic (exact) mass is 378 g/mol. The Morgan fingerprint density at radius 3 is 2.77 bits per heavy atom. The summed E-state index contributed by atoms with van der Waals surface area (Å²) in [5, 5.41) is 10.4. The molecule has 1 aliphatic heterocycles. The number of aliphatic carboxylic acids is 1. The van der Waals surface area contributed by atoms with Gasteiger partial charge in [0.2, 0.25) is 10.0 Å². The zero-order valence-electron chi connectivity index (χ0n) is 14.5. The Labute approximate surface area is 152 Å². The van der Waals surface area contributed by atoms with E-state index in [-0.39, 0.29) is 37.2 Å². The van der Waals surface area contributed by atoms with Crippen LogP contribution in [-0.2, 0) is 19.6 Å². The van der Waals surface area contributed by atoms with Crippen molar-refractivity contribution in [3.63, 3.8) is 0 Å². The number of morpholine rings is 1. The summed E-state index contributed by atoms with van der Waals surface area (Å²) in [4.78, 5) is 12.7. The van der Waals surface area contributed by atoms with E-state index in [0.717, 1.165) is 5.39 Å². The van der Waals surface area contributed by atoms with Crippen molar-refractivity contribution in [3.8, 4) is 0 Å². The van der Waals surface area contributed by atoms with Crippen LogP contribution in [0.5, 0.6) is 0 Å². The first-order chi connectivity index (χ1) is 12.4. The fourth-order valence-corrected chi connectivity index (χ4v) is 4.89. The second-order valence-electron chi connectivity index (χ2n) is 6.42. The molecule has 1 N–H and O–H groups in total. The quantitative estimate of drug-likeness (QED) is 0.814. The Balaban J connectivity index is 1.81. The summed E-state index contributed by atoms with van der Waals surface area (Å²) in [5.41, 5.74) is 0. The van der Waals surface area contributed by atoms with Gasteiger partial charge in [-0.1, -0.05) is 36.4 Å².